The first-order valence-electron chi connectivity index (χ1n) is 5.65. The Balaban J connectivity index is 2.42. The number of halogens is 1. The Kier molecular flexibility index (Phi) is 3.72. The number of aldehydes is 1. The lowest BCUT2D eigenvalue weighted by Gasteiger charge is -2.30. The van der Waals surface area contributed by atoms with Gasteiger partial charge in [0.15, 0.2) is 5.82 Å². The van der Waals surface area contributed by atoms with Crippen LogP contribution in [0.2, 0.25) is 0 Å². The van der Waals surface area contributed by atoms with E-state index in [4.69, 9.17) is 0 Å². The molecule has 0 aromatic carbocycles. The minimum atomic E-state index is -4.04. The highest BCUT2D eigenvalue weighted by atomic mass is 32.2. The summed E-state index contributed by atoms with van der Waals surface area (Å²) in [7, 11) is -4.04. The van der Waals surface area contributed by atoms with Gasteiger partial charge in [-0.25, -0.2) is 17.8 Å². The number of pyridine rings is 1. The van der Waals surface area contributed by atoms with Crippen molar-refractivity contribution in [3.05, 3.63) is 24.1 Å². The van der Waals surface area contributed by atoms with Gasteiger partial charge < -0.3 is 4.79 Å². The third-order valence-corrected chi connectivity index (χ3v) is 4.79. The second kappa shape index (κ2) is 5.11. The number of hydrogen-bond acceptors (Lipinski definition) is 4. The Morgan fingerprint density at radius 2 is 2.22 bits per heavy atom. The lowest BCUT2D eigenvalue weighted by atomic mass is 10.1. The monoisotopic (exact) mass is 272 g/mol. The number of carbonyl (C=O) groups is 1. The average Bonchev–Trinajstić information content (AvgIpc) is 2.39. The fraction of sp³-hybridized carbons (Fsp3) is 0.455. The Morgan fingerprint density at radius 3 is 2.89 bits per heavy atom. The first-order valence-corrected chi connectivity index (χ1v) is 7.09. The second-order valence-electron chi connectivity index (χ2n) is 4.11. The Hall–Kier alpha value is -1.34. The number of sulfonamides is 1. The standard InChI is InChI=1S/C11H13FN2O3S/c12-10-5-3-6-13-11(10)18(16,17)14-7-2-1-4-9(14)8-15/h3,5-6,8-9H,1-2,4,7H2. The van der Waals surface area contributed by atoms with Crippen LogP contribution in [0.25, 0.3) is 0 Å². The molecule has 2 heterocycles. The molecule has 0 N–H and O–H groups in total. The summed E-state index contributed by atoms with van der Waals surface area (Å²) in [6, 6.07) is 1.65. The van der Waals surface area contributed by atoms with Crippen molar-refractivity contribution in [2.24, 2.45) is 0 Å². The van der Waals surface area contributed by atoms with Crippen molar-refractivity contribution in [2.45, 2.75) is 30.3 Å². The third kappa shape index (κ3) is 2.28. The largest absolute Gasteiger partial charge is 0.302 e. The fourth-order valence-electron chi connectivity index (χ4n) is 2.04. The first-order chi connectivity index (χ1) is 8.57. The van der Waals surface area contributed by atoms with Crippen molar-refractivity contribution in [1.82, 2.24) is 9.29 Å². The molecule has 1 aromatic heterocycles. The maximum Gasteiger partial charge on any atom is 0.264 e. The molecular formula is C11H13FN2O3S. The van der Waals surface area contributed by atoms with E-state index in [1.165, 1.54) is 12.3 Å². The molecule has 7 heteroatoms. The van der Waals surface area contributed by atoms with Gasteiger partial charge in [0, 0.05) is 12.7 Å². The summed E-state index contributed by atoms with van der Waals surface area (Å²) in [5.74, 6) is -0.896. The van der Waals surface area contributed by atoms with Crippen LogP contribution in [0.15, 0.2) is 23.4 Å². The second-order valence-corrected chi connectivity index (χ2v) is 5.91. The molecule has 0 radical (unpaired) electrons. The van der Waals surface area contributed by atoms with Crippen molar-refractivity contribution in [1.29, 1.82) is 0 Å². The van der Waals surface area contributed by atoms with Crippen molar-refractivity contribution < 1.29 is 17.6 Å². The quantitative estimate of drug-likeness (QED) is 0.769. The summed E-state index contributed by atoms with van der Waals surface area (Å²) in [4.78, 5) is 14.5. The third-order valence-electron chi connectivity index (χ3n) is 2.93. The van der Waals surface area contributed by atoms with Crippen molar-refractivity contribution >= 4 is 16.3 Å². The summed E-state index contributed by atoms with van der Waals surface area (Å²) in [5, 5.41) is -0.612. The van der Waals surface area contributed by atoms with Crippen LogP contribution in [0.5, 0.6) is 0 Å². The van der Waals surface area contributed by atoms with E-state index in [1.807, 2.05) is 0 Å². The van der Waals surface area contributed by atoms with Gasteiger partial charge in [-0.05, 0) is 25.0 Å². The number of piperidine rings is 1. The molecule has 1 fully saturated rings. The van der Waals surface area contributed by atoms with E-state index in [2.05, 4.69) is 4.98 Å². The van der Waals surface area contributed by atoms with Gasteiger partial charge in [-0.1, -0.05) is 6.42 Å². The van der Waals surface area contributed by atoms with Gasteiger partial charge in [-0.15, -0.1) is 0 Å². The summed E-state index contributed by atoms with van der Waals surface area (Å²) in [6.07, 6.45) is 3.74. The predicted molar refractivity (Wildman–Crippen MR) is 61.8 cm³/mol. The summed E-state index contributed by atoms with van der Waals surface area (Å²) < 4.78 is 39.0. The number of rotatable bonds is 3. The van der Waals surface area contributed by atoms with Crippen LogP contribution >= 0.6 is 0 Å². The van der Waals surface area contributed by atoms with E-state index in [0.29, 0.717) is 19.1 Å². The van der Waals surface area contributed by atoms with Gasteiger partial charge in [0.2, 0.25) is 5.03 Å². The zero-order valence-corrected chi connectivity index (χ0v) is 10.4. The van der Waals surface area contributed by atoms with E-state index in [1.54, 1.807) is 0 Å². The molecular weight excluding hydrogens is 259 g/mol. The molecule has 1 saturated heterocycles. The van der Waals surface area contributed by atoms with Crippen molar-refractivity contribution in [3.8, 4) is 0 Å². The van der Waals surface area contributed by atoms with E-state index >= 15 is 0 Å². The van der Waals surface area contributed by atoms with E-state index in [9.17, 15) is 17.6 Å². The van der Waals surface area contributed by atoms with Gasteiger partial charge in [0.05, 0.1) is 6.04 Å². The summed E-state index contributed by atoms with van der Waals surface area (Å²) in [6.45, 7) is 0.224. The molecule has 5 nitrogen and oxygen atoms in total. The first kappa shape index (κ1) is 13.1. The van der Waals surface area contributed by atoms with Crippen LogP contribution in [0.4, 0.5) is 4.39 Å². The lowest BCUT2D eigenvalue weighted by Crippen LogP contribution is -2.45. The average molecular weight is 272 g/mol. The number of carbonyl (C=O) groups excluding carboxylic acids is 1. The predicted octanol–water partition coefficient (Wildman–Crippen LogP) is 0.963. The highest BCUT2D eigenvalue weighted by Gasteiger charge is 2.35. The van der Waals surface area contributed by atoms with E-state index in [-0.39, 0.29) is 6.54 Å². The maximum atomic E-state index is 13.5. The molecule has 1 atom stereocenters. The van der Waals surface area contributed by atoms with E-state index < -0.39 is 26.9 Å². The van der Waals surface area contributed by atoms with Gasteiger partial charge in [0.25, 0.3) is 10.0 Å². The molecule has 1 unspecified atom stereocenters. The van der Waals surface area contributed by atoms with Gasteiger partial charge in [-0.2, -0.15) is 4.31 Å². The topological polar surface area (TPSA) is 67.3 Å². The van der Waals surface area contributed by atoms with Crippen LogP contribution in [0.3, 0.4) is 0 Å². The molecule has 1 aliphatic rings. The van der Waals surface area contributed by atoms with E-state index in [0.717, 1.165) is 16.8 Å². The summed E-state index contributed by atoms with van der Waals surface area (Å²) >= 11 is 0. The number of nitrogens with zero attached hydrogens (tertiary/aromatic N) is 2. The minimum absolute atomic E-state index is 0.224. The highest BCUT2D eigenvalue weighted by Crippen LogP contribution is 2.24. The highest BCUT2D eigenvalue weighted by molar-refractivity contribution is 7.89. The molecule has 1 aliphatic heterocycles. The maximum absolute atomic E-state index is 13.5. The molecule has 0 amide bonds. The normalized spacial score (nSPS) is 21.7. The van der Waals surface area contributed by atoms with Crippen molar-refractivity contribution in [2.75, 3.05) is 6.54 Å². The Labute approximate surface area is 105 Å². The Bertz CT molecular complexity index is 547. The molecule has 0 spiro atoms. The molecule has 18 heavy (non-hydrogen) atoms. The Morgan fingerprint density at radius 1 is 1.44 bits per heavy atom. The minimum Gasteiger partial charge on any atom is -0.302 e. The lowest BCUT2D eigenvalue weighted by molar-refractivity contribution is -0.111. The molecule has 0 bridgehead atoms. The summed E-state index contributed by atoms with van der Waals surface area (Å²) in [5.41, 5.74) is 0. The van der Waals surface area contributed by atoms with Gasteiger partial charge in [0.1, 0.15) is 6.29 Å². The zero-order valence-electron chi connectivity index (χ0n) is 9.62. The van der Waals surface area contributed by atoms with Crippen LogP contribution < -0.4 is 0 Å². The van der Waals surface area contributed by atoms with Crippen LogP contribution in [-0.2, 0) is 14.8 Å². The smallest absolute Gasteiger partial charge is 0.264 e. The molecule has 1 aromatic rings. The molecule has 0 saturated carbocycles. The molecule has 98 valence electrons. The fourth-order valence-corrected chi connectivity index (χ4v) is 3.65. The van der Waals surface area contributed by atoms with Crippen LogP contribution in [-0.4, -0.2) is 36.6 Å². The number of hydrogen-bond donors (Lipinski definition) is 0. The molecule has 0 aliphatic carbocycles. The SMILES string of the molecule is O=CC1CCCCN1S(=O)(=O)c1ncccc1F. The van der Waals surface area contributed by atoms with Gasteiger partial charge in [-0.3, -0.25) is 0 Å². The van der Waals surface area contributed by atoms with Crippen LogP contribution in [0.1, 0.15) is 19.3 Å². The zero-order chi connectivity index (χ0) is 13.2. The van der Waals surface area contributed by atoms with Gasteiger partial charge >= 0.3 is 0 Å². The molecule has 2 rings (SSSR count). The van der Waals surface area contributed by atoms with Crippen molar-refractivity contribution in [3.63, 3.8) is 0 Å². The van der Waals surface area contributed by atoms with Crippen LogP contribution in [0, 0.1) is 5.82 Å². The number of aromatic nitrogens is 1.